The molecule has 10 heteroatoms. The maximum atomic E-state index is 13.0. The Balaban J connectivity index is 1.86. The Morgan fingerprint density at radius 3 is 2.40 bits per heavy atom. The molecule has 0 unspecified atom stereocenters. The van der Waals surface area contributed by atoms with E-state index in [0.29, 0.717) is 31.3 Å². The summed E-state index contributed by atoms with van der Waals surface area (Å²) in [5.41, 5.74) is 0.209. The summed E-state index contributed by atoms with van der Waals surface area (Å²) in [5.74, 6) is -1.07. The Bertz CT molecular complexity index is 878. The maximum Gasteiger partial charge on any atom is 0.451 e. The SMILES string of the molecule is CS(=O)(=O)N1CCC(Nc2nc(C(F)(F)F)nc3ccccc23)CC1. The van der Waals surface area contributed by atoms with Gasteiger partial charge in [-0.3, -0.25) is 0 Å². The predicted octanol–water partition coefficient (Wildman–Crippen LogP) is 2.48. The van der Waals surface area contributed by atoms with Gasteiger partial charge in [0.1, 0.15) is 5.82 Å². The van der Waals surface area contributed by atoms with E-state index in [9.17, 15) is 21.6 Å². The number of sulfonamides is 1. The quantitative estimate of drug-likeness (QED) is 0.893. The third-order valence-electron chi connectivity index (χ3n) is 4.12. The molecule has 0 bridgehead atoms. The van der Waals surface area contributed by atoms with Crippen molar-refractivity contribution in [3.63, 3.8) is 0 Å². The van der Waals surface area contributed by atoms with Crippen molar-refractivity contribution in [2.45, 2.75) is 25.1 Å². The third kappa shape index (κ3) is 4.01. The van der Waals surface area contributed by atoms with Gasteiger partial charge in [0.25, 0.3) is 0 Å². The summed E-state index contributed by atoms with van der Waals surface area (Å²) < 4.78 is 63.5. The molecule has 1 aliphatic rings. The van der Waals surface area contributed by atoms with Crippen LogP contribution in [0.4, 0.5) is 19.0 Å². The molecule has 0 amide bonds. The van der Waals surface area contributed by atoms with E-state index in [1.54, 1.807) is 18.2 Å². The predicted molar refractivity (Wildman–Crippen MR) is 87.6 cm³/mol. The van der Waals surface area contributed by atoms with Gasteiger partial charge in [-0.15, -0.1) is 0 Å². The molecule has 1 N–H and O–H groups in total. The molecule has 2 aromatic rings. The van der Waals surface area contributed by atoms with Crippen molar-refractivity contribution in [3.8, 4) is 0 Å². The van der Waals surface area contributed by atoms with Crippen molar-refractivity contribution < 1.29 is 21.6 Å². The molecular weight excluding hydrogens is 357 g/mol. The summed E-state index contributed by atoms with van der Waals surface area (Å²) in [6.45, 7) is 0.650. The first-order chi connectivity index (χ1) is 11.6. The minimum absolute atomic E-state index is 0.121. The minimum Gasteiger partial charge on any atom is -0.367 e. The number of hydrogen-bond donors (Lipinski definition) is 1. The number of aromatic nitrogens is 2. The van der Waals surface area contributed by atoms with Gasteiger partial charge in [0.15, 0.2) is 0 Å². The van der Waals surface area contributed by atoms with Crippen LogP contribution in [-0.4, -0.2) is 48.1 Å². The van der Waals surface area contributed by atoms with Crippen LogP contribution in [0.2, 0.25) is 0 Å². The van der Waals surface area contributed by atoms with Crippen LogP contribution in [0, 0.1) is 0 Å². The molecule has 2 heterocycles. The highest BCUT2D eigenvalue weighted by molar-refractivity contribution is 7.88. The Morgan fingerprint density at radius 1 is 1.16 bits per heavy atom. The Labute approximate surface area is 143 Å². The van der Waals surface area contributed by atoms with E-state index >= 15 is 0 Å². The lowest BCUT2D eigenvalue weighted by molar-refractivity contribution is -0.144. The first kappa shape index (κ1) is 17.9. The number of para-hydroxylation sites is 1. The summed E-state index contributed by atoms with van der Waals surface area (Å²) in [6.07, 6.45) is -2.51. The lowest BCUT2D eigenvalue weighted by Gasteiger charge is -2.31. The highest BCUT2D eigenvalue weighted by atomic mass is 32.2. The van der Waals surface area contributed by atoms with Gasteiger partial charge < -0.3 is 5.32 Å². The largest absolute Gasteiger partial charge is 0.451 e. The minimum atomic E-state index is -4.64. The fourth-order valence-corrected chi connectivity index (χ4v) is 3.71. The lowest BCUT2D eigenvalue weighted by Crippen LogP contribution is -2.42. The molecule has 1 saturated heterocycles. The standard InChI is InChI=1S/C15H17F3N4O2S/c1-25(23,24)22-8-6-10(7-9-22)19-13-11-4-2-3-5-12(11)20-14(21-13)15(16,17)18/h2-5,10H,6-9H2,1H3,(H,19,20,21). The molecule has 1 fully saturated rings. The molecule has 6 nitrogen and oxygen atoms in total. The number of rotatable bonds is 3. The van der Waals surface area contributed by atoms with Crippen LogP contribution in [0.1, 0.15) is 18.7 Å². The summed E-state index contributed by atoms with van der Waals surface area (Å²) in [4.78, 5) is 7.24. The van der Waals surface area contributed by atoms with E-state index in [1.165, 1.54) is 10.4 Å². The van der Waals surface area contributed by atoms with Gasteiger partial charge >= 0.3 is 6.18 Å². The molecule has 0 saturated carbocycles. The van der Waals surface area contributed by atoms with Crippen molar-refractivity contribution in [2.75, 3.05) is 24.7 Å². The van der Waals surface area contributed by atoms with E-state index in [1.807, 2.05) is 0 Å². The van der Waals surface area contributed by atoms with Gasteiger partial charge in [-0.1, -0.05) is 12.1 Å². The van der Waals surface area contributed by atoms with E-state index in [-0.39, 0.29) is 17.4 Å². The van der Waals surface area contributed by atoms with Crippen LogP contribution in [0.15, 0.2) is 24.3 Å². The molecule has 1 aromatic carbocycles. The van der Waals surface area contributed by atoms with Gasteiger partial charge in [-0.2, -0.15) is 13.2 Å². The number of anilines is 1. The number of nitrogens with zero attached hydrogens (tertiary/aromatic N) is 3. The van der Waals surface area contributed by atoms with Crippen LogP contribution >= 0.6 is 0 Å². The van der Waals surface area contributed by atoms with Crippen LogP contribution in [0.25, 0.3) is 10.9 Å². The number of halogens is 3. The summed E-state index contributed by atoms with van der Waals surface area (Å²) >= 11 is 0. The fourth-order valence-electron chi connectivity index (χ4n) is 2.84. The Morgan fingerprint density at radius 2 is 1.80 bits per heavy atom. The average molecular weight is 374 g/mol. The molecule has 1 aromatic heterocycles. The molecule has 1 aliphatic heterocycles. The zero-order chi connectivity index (χ0) is 18.2. The lowest BCUT2D eigenvalue weighted by atomic mass is 10.1. The summed E-state index contributed by atoms with van der Waals surface area (Å²) in [6, 6.07) is 6.32. The molecule has 0 radical (unpaired) electrons. The van der Waals surface area contributed by atoms with Crippen LogP contribution in [-0.2, 0) is 16.2 Å². The van der Waals surface area contributed by atoms with E-state index in [4.69, 9.17) is 0 Å². The third-order valence-corrected chi connectivity index (χ3v) is 5.42. The Hall–Kier alpha value is -1.94. The van der Waals surface area contributed by atoms with Crippen molar-refractivity contribution in [2.24, 2.45) is 0 Å². The zero-order valence-electron chi connectivity index (χ0n) is 13.4. The molecule has 25 heavy (non-hydrogen) atoms. The van der Waals surface area contributed by atoms with Gasteiger partial charge in [-0.05, 0) is 25.0 Å². The highest BCUT2D eigenvalue weighted by Gasteiger charge is 2.36. The van der Waals surface area contributed by atoms with Crippen LogP contribution in [0.5, 0.6) is 0 Å². The summed E-state index contributed by atoms with van der Waals surface area (Å²) in [5, 5.41) is 3.54. The average Bonchev–Trinajstić information content (AvgIpc) is 2.53. The zero-order valence-corrected chi connectivity index (χ0v) is 14.2. The first-order valence-electron chi connectivity index (χ1n) is 7.70. The first-order valence-corrected chi connectivity index (χ1v) is 9.55. The fraction of sp³-hybridized carbons (Fsp3) is 0.467. The van der Waals surface area contributed by atoms with E-state index < -0.39 is 22.0 Å². The summed E-state index contributed by atoms with van der Waals surface area (Å²) in [7, 11) is -3.25. The number of nitrogens with one attached hydrogen (secondary N) is 1. The van der Waals surface area contributed by atoms with Crippen LogP contribution < -0.4 is 5.32 Å². The number of fused-ring (bicyclic) bond motifs is 1. The molecule has 136 valence electrons. The van der Waals surface area contributed by atoms with Gasteiger partial charge in [-0.25, -0.2) is 22.7 Å². The second-order valence-electron chi connectivity index (χ2n) is 5.99. The van der Waals surface area contributed by atoms with Crippen molar-refractivity contribution in [3.05, 3.63) is 30.1 Å². The molecule has 0 aliphatic carbocycles. The second kappa shape index (κ2) is 6.41. The molecular formula is C15H17F3N4O2S. The highest BCUT2D eigenvalue weighted by Crippen LogP contribution is 2.31. The maximum absolute atomic E-state index is 13.0. The monoisotopic (exact) mass is 374 g/mol. The van der Waals surface area contributed by atoms with Crippen molar-refractivity contribution in [1.29, 1.82) is 0 Å². The van der Waals surface area contributed by atoms with Crippen molar-refractivity contribution in [1.82, 2.24) is 14.3 Å². The second-order valence-corrected chi connectivity index (χ2v) is 7.97. The van der Waals surface area contributed by atoms with Gasteiger partial charge in [0.2, 0.25) is 15.8 Å². The van der Waals surface area contributed by atoms with Gasteiger partial charge in [0, 0.05) is 24.5 Å². The smallest absolute Gasteiger partial charge is 0.367 e. The topological polar surface area (TPSA) is 75.2 Å². The number of piperidine rings is 1. The molecule has 0 spiro atoms. The number of hydrogen-bond acceptors (Lipinski definition) is 5. The van der Waals surface area contributed by atoms with Gasteiger partial charge in [0.05, 0.1) is 11.8 Å². The number of alkyl halides is 3. The molecule has 3 rings (SSSR count). The van der Waals surface area contributed by atoms with E-state index in [0.717, 1.165) is 6.26 Å². The normalized spacial score (nSPS) is 17.8. The Kier molecular flexibility index (Phi) is 4.58. The number of benzene rings is 1. The van der Waals surface area contributed by atoms with E-state index in [2.05, 4.69) is 15.3 Å². The van der Waals surface area contributed by atoms with Crippen molar-refractivity contribution >= 4 is 26.7 Å². The molecule has 0 atom stereocenters. The van der Waals surface area contributed by atoms with Crippen LogP contribution in [0.3, 0.4) is 0 Å².